The van der Waals surface area contributed by atoms with Crippen LogP contribution in [0.4, 0.5) is 13.2 Å². The predicted octanol–water partition coefficient (Wildman–Crippen LogP) is 0.334. The Morgan fingerprint density at radius 1 is 1.53 bits per heavy atom. The highest BCUT2D eigenvalue weighted by Gasteiger charge is 2.29. The molecule has 1 heterocycles. The minimum atomic E-state index is -4.36. The lowest BCUT2D eigenvalue weighted by Gasteiger charge is -2.34. The van der Waals surface area contributed by atoms with Crippen LogP contribution in [-0.2, 0) is 4.79 Å². The Morgan fingerprint density at radius 2 is 2.18 bits per heavy atom. The number of hydrogen-bond acceptors (Lipinski definition) is 3. The van der Waals surface area contributed by atoms with E-state index >= 15 is 0 Å². The molecule has 0 aromatic carbocycles. The van der Waals surface area contributed by atoms with Gasteiger partial charge in [-0.1, -0.05) is 6.92 Å². The molecule has 1 aliphatic rings. The normalized spacial score (nSPS) is 26.9. The van der Waals surface area contributed by atoms with Gasteiger partial charge in [-0.2, -0.15) is 13.2 Å². The molecule has 4 nitrogen and oxygen atoms in total. The smallest absolute Gasteiger partial charge is 0.346 e. The van der Waals surface area contributed by atoms with Crippen molar-refractivity contribution in [1.29, 1.82) is 0 Å². The van der Waals surface area contributed by atoms with Gasteiger partial charge in [0.15, 0.2) is 0 Å². The van der Waals surface area contributed by atoms with Crippen molar-refractivity contribution < 1.29 is 18.0 Å². The van der Waals surface area contributed by atoms with Crippen molar-refractivity contribution in [1.82, 2.24) is 10.2 Å². The molecule has 2 unspecified atom stereocenters. The molecule has 7 heteroatoms. The Kier molecular flexibility index (Phi) is 4.76. The molecule has 0 aromatic rings. The number of nitrogens with one attached hydrogen (secondary N) is 1. The van der Waals surface area contributed by atoms with Gasteiger partial charge in [0.25, 0.3) is 0 Å². The first kappa shape index (κ1) is 14.2. The highest BCUT2D eigenvalue weighted by Crippen LogP contribution is 2.15. The third kappa shape index (κ3) is 5.36. The average molecular weight is 253 g/mol. The van der Waals surface area contributed by atoms with E-state index in [0.29, 0.717) is 19.0 Å². The SMILES string of the molecule is CC1CCN(CC(=O)NCC(F)(F)F)CC1N. The quantitative estimate of drug-likeness (QED) is 0.762. The Labute approximate surface area is 98.3 Å². The Morgan fingerprint density at radius 3 is 2.71 bits per heavy atom. The minimum absolute atomic E-state index is 0.0147. The molecule has 0 bridgehead atoms. The van der Waals surface area contributed by atoms with Gasteiger partial charge < -0.3 is 11.1 Å². The van der Waals surface area contributed by atoms with E-state index in [1.54, 1.807) is 4.90 Å². The lowest BCUT2D eigenvalue weighted by molar-refractivity contribution is -0.139. The summed E-state index contributed by atoms with van der Waals surface area (Å²) in [5.41, 5.74) is 5.83. The van der Waals surface area contributed by atoms with Crippen molar-refractivity contribution >= 4 is 5.91 Å². The Bertz CT molecular complexity index is 270. The van der Waals surface area contributed by atoms with Gasteiger partial charge in [0.05, 0.1) is 6.54 Å². The number of nitrogens with zero attached hydrogens (tertiary/aromatic N) is 1. The number of carbonyl (C=O) groups excluding carboxylic acids is 1. The second kappa shape index (κ2) is 5.68. The number of likely N-dealkylation sites (tertiary alicyclic amines) is 1. The summed E-state index contributed by atoms with van der Waals surface area (Å²) in [6.45, 7) is 2.00. The molecule has 1 saturated heterocycles. The van der Waals surface area contributed by atoms with E-state index in [9.17, 15) is 18.0 Å². The van der Waals surface area contributed by atoms with Crippen LogP contribution in [0.2, 0.25) is 0 Å². The van der Waals surface area contributed by atoms with Crippen LogP contribution in [0, 0.1) is 5.92 Å². The third-order valence-electron chi connectivity index (χ3n) is 2.95. The molecule has 0 aromatic heterocycles. The zero-order valence-electron chi connectivity index (χ0n) is 9.76. The summed E-state index contributed by atoms with van der Waals surface area (Å²) in [4.78, 5) is 13.0. The van der Waals surface area contributed by atoms with Gasteiger partial charge in [-0.05, 0) is 18.9 Å². The second-order valence-corrected chi connectivity index (χ2v) is 4.56. The van der Waals surface area contributed by atoms with Crippen LogP contribution in [-0.4, -0.2) is 49.2 Å². The van der Waals surface area contributed by atoms with E-state index in [2.05, 4.69) is 0 Å². The van der Waals surface area contributed by atoms with Crippen molar-refractivity contribution in [2.45, 2.75) is 25.6 Å². The molecule has 100 valence electrons. The van der Waals surface area contributed by atoms with E-state index in [1.807, 2.05) is 12.2 Å². The molecule has 1 fully saturated rings. The van der Waals surface area contributed by atoms with E-state index in [-0.39, 0.29) is 12.6 Å². The van der Waals surface area contributed by atoms with Crippen LogP contribution in [0.15, 0.2) is 0 Å². The first-order chi connectivity index (χ1) is 7.78. The molecule has 0 saturated carbocycles. The molecular formula is C10H18F3N3O. The first-order valence-electron chi connectivity index (χ1n) is 5.59. The molecule has 17 heavy (non-hydrogen) atoms. The molecule has 3 N–H and O–H groups in total. The minimum Gasteiger partial charge on any atom is -0.346 e. The Hall–Kier alpha value is -0.820. The van der Waals surface area contributed by atoms with E-state index in [1.165, 1.54) is 0 Å². The molecule has 0 aliphatic carbocycles. The summed E-state index contributed by atoms with van der Waals surface area (Å²) in [5.74, 6) is -0.214. The number of nitrogens with two attached hydrogens (primary N) is 1. The standard InChI is InChI=1S/C10H18F3N3O/c1-7-2-3-16(4-8(7)14)5-9(17)15-6-10(11,12)13/h7-8H,2-6,14H2,1H3,(H,15,17). The number of hydrogen-bond donors (Lipinski definition) is 2. The van der Waals surface area contributed by atoms with Crippen LogP contribution in [0.1, 0.15) is 13.3 Å². The largest absolute Gasteiger partial charge is 0.405 e. The topological polar surface area (TPSA) is 58.4 Å². The summed E-state index contributed by atoms with van der Waals surface area (Å²) < 4.78 is 35.6. The fraction of sp³-hybridized carbons (Fsp3) is 0.900. The van der Waals surface area contributed by atoms with Gasteiger partial charge in [-0.25, -0.2) is 0 Å². The van der Waals surface area contributed by atoms with Gasteiger partial charge in [0, 0.05) is 12.6 Å². The van der Waals surface area contributed by atoms with E-state index in [0.717, 1.165) is 6.42 Å². The first-order valence-corrected chi connectivity index (χ1v) is 5.59. The van der Waals surface area contributed by atoms with Crippen molar-refractivity contribution in [3.8, 4) is 0 Å². The molecule has 0 radical (unpaired) electrons. The van der Waals surface area contributed by atoms with Crippen molar-refractivity contribution in [2.24, 2.45) is 11.7 Å². The summed E-state index contributed by atoms with van der Waals surface area (Å²) in [6.07, 6.45) is -3.49. The highest BCUT2D eigenvalue weighted by molar-refractivity contribution is 5.78. The van der Waals surface area contributed by atoms with Crippen LogP contribution < -0.4 is 11.1 Å². The lowest BCUT2D eigenvalue weighted by Crippen LogP contribution is -2.50. The van der Waals surface area contributed by atoms with Gasteiger partial charge >= 0.3 is 6.18 Å². The lowest BCUT2D eigenvalue weighted by atomic mass is 9.94. The van der Waals surface area contributed by atoms with Crippen LogP contribution >= 0.6 is 0 Å². The maximum absolute atomic E-state index is 11.9. The van der Waals surface area contributed by atoms with Gasteiger partial charge in [-0.3, -0.25) is 9.69 Å². The number of rotatable bonds is 3. The second-order valence-electron chi connectivity index (χ2n) is 4.56. The monoisotopic (exact) mass is 253 g/mol. The maximum Gasteiger partial charge on any atom is 0.405 e. The number of carbonyl (C=O) groups is 1. The number of piperidine rings is 1. The fourth-order valence-corrected chi connectivity index (χ4v) is 1.77. The molecule has 1 amide bonds. The third-order valence-corrected chi connectivity index (χ3v) is 2.95. The molecular weight excluding hydrogens is 235 g/mol. The number of halogens is 3. The van der Waals surface area contributed by atoms with Gasteiger partial charge in [0.2, 0.25) is 5.91 Å². The zero-order valence-corrected chi connectivity index (χ0v) is 9.76. The summed E-state index contributed by atoms with van der Waals surface area (Å²) in [6, 6.07) is -0.0147. The molecule has 1 aliphatic heterocycles. The predicted molar refractivity (Wildman–Crippen MR) is 57.3 cm³/mol. The van der Waals surface area contributed by atoms with Crippen molar-refractivity contribution in [3.05, 3.63) is 0 Å². The van der Waals surface area contributed by atoms with E-state index < -0.39 is 18.6 Å². The van der Waals surface area contributed by atoms with Crippen molar-refractivity contribution in [3.63, 3.8) is 0 Å². The average Bonchev–Trinajstić information content (AvgIpc) is 2.20. The van der Waals surface area contributed by atoms with Crippen LogP contribution in [0.3, 0.4) is 0 Å². The zero-order chi connectivity index (χ0) is 13.1. The van der Waals surface area contributed by atoms with Crippen molar-refractivity contribution in [2.75, 3.05) is 26.2 Å². The number of amides is 1. The molecule has 0 spiro atoms. The van der Waals surface area contributed by atoms with Crippen LogP contribution in [0.25, 0.3) is 0 Å². The summed E-state index contributed by atoms with van der Waals surface area (Å²) in [5, 5.41) is 1.85. The van der Waals surface area contributed by atoms with E-state index in [4.69, 9.17) is 5.73 Å². The fourth-order valence-electron chi connectivity index (χ4n) is 1.77. The van der Waals surface area contributed by atoms with Gasteiger partial charge in [-0.15, -0.1) is 0 Å². The van der Waals surface area contributed by atoms with Crippen LogP contribution in [0.5, 0.6) is 0 Å². The maximum atomic E-state index is 11.9. The molecule has 1 rings (SSSR count). The highest BCUT2D eigenvalue weighted by atomic mass is 19.4. The number of alkyl halides is 3. The van der Waals surface area contributed by atoms with Gasteiger partial charge in [0.1, 0.15) is 6.54 Å². The Balaban J connectivity index is 2.27. The molecule has 2 atom stereocenters. The summed E-state index contributed by atoms with van der Waals surface area (Å²) >= 11 is 0. The summed E-state index contributed by atoms with van der Waals surface area (Å²) in [7, 11) is 0.